The second-order valence-electron chi connectivity index (χ2n) is 13.3. The topological polar surface area (TPSA) is 99.4 Å². The first-order chi connectivity index (χ1) is 21.4. The van der Waals surface area contributed by atoms with Gasteiger partial charge in [0.1, 0.15) is 27.9 Å². The number of aliphatic hydroxyl groups excluding tert-OH is 4. The van der Waals surface area contributed by atoms with Crippen molar-refractivity contribution in [3.05, 3.63) is 35.4 Å². The van der Waals surface area contributed by atoms with Gasteiger partial charge in [0.05, 0.1) is 37.9 Å². The minimum Gasteiger partial charge on any atom is -0.394 e. The highest BCUT2D eigenvalue weighted by Gasteiger charge is 2.44. The predicted octanol–water partition coefficient (Wildman–Crippen LogP) is 7.83. The number of rotatable bonds is 21. The summed E-state index contributed by atoms with van der Waals surface area (Å²) in [6.07, 6.45) is 11.6. The molecule has 1 saturated heterocycles. The number of unbranched alkanes of at least 4 members (excludes halogenated alkanes) is 6. The molecule has 6 nitrogen and oxygen atoms in total. The molecule has 1 aliphatic rings. The van der Waals surface area contributed by atoms with Gasteiger partial charge >= 0.3 is 0 Å². The fraction of sp³-hybridized carbons (Fsp3) is 0.800. The van der Waals surface area contributed by atoms with Crippen LogP contribution < -0.4 is 0 Å². The van der Waals surface area contributed by atoms with Crippen LogP contribution >= 0.6 is 43.0 Å². The van der Waals surface area contributed by atoms with Crippen LogP contribution in [0.15, 0.2) is 24.3 Å². The highest BCUT2D eigenvalue weighted by molar-refractivity contribution is 8.47. The molecule has 6 unspecified atom stereocenters. The number of thioether (sulfide) groups is 2. The highest BCUT2D eigenvalue weighted by atomic mass is 32.2. The zero-order chi connectivity index (χ0) is 33.5. The summed E-state index contributed by atoms with van der Waals surface area (Å²) in [7, 11) is -1.35. The lowest BCUT2D eigenvalue weighted by Gasteiger charge is -2.39. The second kappa shape index (κ2) is 21.3. The summed E-state index contributed by atoms with van der Waals surface area (Å²) in [6, 6.07) is 9.37. The van der Waals surface area contributed by atoms with Crippen LogP contribution in [0.4, 0.5) is 0 Å². The van der Waals surface area contributed by atoms with E-state index in [-0.39, 0.29) is 4.75 Å². The third-order valence-corrected chi connectivity index (χ3v) is 17.1. The number of aliphatic hydroxyl groups is 4. The summed E-state index contributed by atoms with van der Waals surface area (Å²) in [5.74, 6) is 0.365. The Balaban J connectivity index is 2.19. The van der Waals surface area contributed by atoms with Crippen molar-refractivity contribution < 1.29 is 29.9 Å². The molecule has 0 aromatic heterocycles. The van der Waals surface area contributed by atoms with Gasteiger partial charge in [0.15, 0.2) is 6.29 Å². The average molecular weight is 706 g/mol. The number of benzene rings is 1. The van der Waals surface area contributed by atoms with Gasteiger partial charge < -0.3 is 29.9 Å². The van der Waals surface area contributed by atoms with E-state index in [0.29, 0.717) is 12.5 Å². The summed E-state index contributed by atoms with van der Waals surface area (Å²) in [6.45, 7) is 11.4. The van der Waals surface area contributed by atoms with Crippen LogP contribution in [0.25, 0.3) is 0 Å². The van der Waals surface area contributed by atoms with Crippen LogP contribution in [0.1, 0.15) is 109 Å². The standard InChI is InChI=1S/C35H62O6PS3/c1-7-9-11-13-21-42(22-14-12-10-8-2,23-15-20-40-33-32(39)31(38)30(37)29(24-36)41-33)25-27-16-18-28(19-17-27)26(3)35(4,5)45-34(43)44-6/h16-19,26,29-33,36-39H,7-15,20-25H2,1-6H3/q+1. The van der Waals surface area contributed by atoms with Crippen molar-refractivity contribution in [2.24, 2.45) is 0 Å². The van der Waals surface area contributed by atoms with Crippen molar-refractivity contribution in [3.63, 3.8) is 0 Å². The van der Waals surface area contributed by atoms with Gasteiger partial charge in [-0.2, -0.15) is 0 Å². The van der Waals surface area contributed by atoms with Crippen LogP contribution in [0.2, 0.25) is 0 Å². The first-order valence-electron chi connectivity index (χ1n) is 17.1. The largest absolute Gasteiger partial charge is 0.394 e. The van der Waals surface area contributed by atoms with E-state index >= 15 is 0 Å². The first-order valence-corrected chi connectivity index (χ1v) is 22.0. The lowest BCUT2D eigenvalue weighted by atomic mass is 9.89. The Kier molecular flexibility index (Phi) is 19.6. The van der Waals surface area contributed by atoms with Gasteiger partial charge in [0.2, 0.25) is 0 Å². The maximum atomic E-state index is 10.4. The van der Waals surface area contributed by atoms with Gasteiger partial charge in [0, 0.05) is 18.4 Å². The second-order valence-corrected chi connectivity index (χ2v) is 21.3. The van der Waals surface area contributed by atoms with E-state index in [0.717, 1.165) is 22.3 Å². The third-order valence-electron chi connectivity index (χ3n) is 9.43. The Labute approximate surface area is 288 Å². The Morgan fingerprint density at radius 3 is 2.02 bits per heavy atom. The monoisotopic (exact) mass is 705 g/mol. The molecule has 45 heavy (non-hydrogen) atoms. The SMILES string of the molecule is CCCCCC[P+](CCCCCC)(CCCOC1OC(CO)C(O)C(O)C1O)Cc1ccc(C(C)C(C)(C)SC(=S)SC)cc1. The van der Waals surface area contributed by atoms with Crippen molar-refractivity contribution >= 4 is 46.5 Å². The third kappa shape index (κ3) is 13.6. The smallest absolute Gasteiger partial charge is 0.186 e. The molecule has 0 bridgehead atoms. The maximum Gasteiger partial charge on any atom is 0.186 e. The molecule has 1 aliphatic heterocycles. The summed E-state index contributed by atoms with van der Waals surface area (Å²) in [5.41, 5.74) is 2.77. The maximum absolute atomic E-state index is 10.4. The van der Waals surface area contributed by atoms with Gasteiger partial charge in [0.25, 0.3) is 0 Å². The van der Waals surface area contributed by atoms with Crippen molar-refractivity contribution in [1.82, 2.24) is 0 Å². The van der Waals surface area contributed by atoms with Crippen LogP contribution in [0.3, 0.4) is 0 Å². The molecule has 260 valence electrons. The van der Waals surface area contributed by atoms with Gasteiger partial charge in [-0.25, -0.2) is 0 Å². The summed E-state index contributed by atoms with van der Waals surface area (Å²) in [5, 5.41) is 40.3. The zero-order valence-corrected chi connectivity index (χ0v) is 32.0. The molecule has 0 radical (unpaired) electrons. The quantitative estimate of drug-likeness (QED) is 0.0580. The Morgan fingerprint density at radius 2 is 1.49 bits per heavy atom. The molecular weight excluding hydrogens is 644 g/mol. The fourth-order valence-corrected chi connectivity index (χ4v) is 13.3. The van der Waals surface area contributed by atoms with E-state index < -0.39 is 44.6 Å². The van der Waals surface area contributed by atoms with Crippen LogP contribution in [-0.2, 0) is 15.6 Å². The molecule has 1 fully saturated rings. The van der Waals surface area contributed by atoms with E-state index in [4.69, 9.17) is 21.7 Å². The van der Waals surface area contributed by atoms with Crippen molar-refractivity contribution in [2.45, 2.75) is 140 Å². The lowest BCUT2D eigenvalue weighted by molar-refractivity contribution is -0.300. The summed E-state index contributed by atoms with van der Waals surface area (Å²) < 4.78 is 12.5. The molecule has 0 spiro atoms. The predicted molar refractivity (Wildman–Crippen MR) is 200 cm³/mol. The molecule has 1 aromatic carbocycles. The molecule has 0 saturated carbocycles. The van der Waals surface area contributed by atoms with Gasteiger partial charge in [-0.1, -0.05) is 82.9 Å². The molecule has 4 N–H and O–H groups in total. The number of ether oxygens (including phenoxy) is 2. The van der Waals surface area contributed by atoms with Gasteiger partial charge in [-0.15, -0.1) is 23.5 Å². The number of hydrogen-bond acceptors (Lipinski definition) is 9. The molecule has 1 aromatic rings. The van der Waals surface area contributed by atoms with Crippen molar-refractivity contribution in [1.29, 1.82) is 0 Å². The Bertz CT molecular complexity index is 951. The highest BCUT2D eigenvalue weighted by Crippen LogP contribution is 2.63. The first kappa shape index (κ1) is 41.4. The van der Waals surface area contributed by atoms with E-state index in [1.165, 1.54) is 74.8 Å². The van der Waals surface area contributed by atoms with Crippen LogP contribution in [0.5, 0.6) is 0 Å². The van der Waals surface area contributed by atoms with E-state index in [9.17, 15) is 20.4 Å². The number of hydrogen-bond donors (Lipinski definition) is 4. The van der Waals surface area contributed by atoms with Crippen LogP contribution in [0, 0.1) is 0 Å². The van der Waals surface area contributed by atoms with Gasteiger partial charge in [-0.05, 0) is 62.8 Å². The van der Waals surface area contributed by atoms with E-state index in [1.54, 1.807) is 23.5 Å². The minimum atomic E-state index is -1.42. The van der Waals surface area contributed by atoms with Gasteiger partial charge in [-0.3, -0.25) is 0 Å². The molecule has 0 amide bonds. The molecular formula is C35H62O6PS3+. The van der Waals surface area contributed by atoms with Crippen LogP contribution in [-0.4, -0.2) is 97.4 Å². The normalized spacial score (nSPS) is 23.3. The lowest BCUT2D eigenvalue weighted by Crippen LogP contribution is -2.59. The molecule has 0 aliphatic carbocycles. The molecule has 6 atom stereocenters. The fourth-order valence-electron chi connectivity index (χ4n) is 6.17. The Morgan fingerprint density at radius 1 is 0.911 bits per heavy atom. The number of thiocarbonyl (C=S) groups is 1. The zero-order valence-electron chi connectivity index (χ0n) is 28.7. The van der Waals surface area contributed by atoms with Crippen molar-refractivity contribution in [2.75, 3.05) is 38.0 Å². The Hall–Kier alpha value is 0.200. The average Bonchev–Trinajstić information content (AvgIpc) is 3.03. The van der Waals surface area contributed by atoms with Crippen molar-refractivity contribution in [3.8, 4) is 0 Å². The minimum absolute atomic E-state index is 0.0118. The van der Waals surface area contributed by atoms with E-state index in [2.05, 4.69) is 58.9 Å². The van der Waals surface area contributed by atoms with E-state index in [1.807, 2.05) is 6.26 Å². The molecule has 1 heterocycles. The molecule has 10 heteroatoms. The summed E-state index contributed by atoms with van der Waals surface area (Å²) in [4.78, 5) is 0. The summed E-state index contributed by atoms with van der Waals surface area (Å²) >= 11 is 8.97. The molecule has 2 rings (SSSR count).